The number of nitrogens with zero attached hydrogens (tertiary/aromatic N) is 1. The quantitative estimate of drug-likeness (QED) is 0.875. The zero-order chi connectivity index (χ0) is 14.0. The van der Waals surface area contributed by atoms with Gasteiger partial charge < -0.3 is 5.32 Å². The average molecular weight is 289 g/mol. The molecule has 6 heteroatoms. The number of pyridine rings is 1. The Hall–Kier alpha value is -1.49. The fraction of sp³-hybridized carbons (Fsp3) is 0.308. The van der Waals surface area contributed by atoms with E-state index < -0.39 is 17.9 Å². The van der Waals surface area contributed by atoms with Crippen molar-refractivity contribution in [2.24, 2.45) is 0 Å². The van der Waals surface area contributed by atoms with Gasteiger partial charge in [0.05, 0.1) is 0 Å². The highest BCUT2D eigenvalue weighted by Crippen LogP contribution is 2.31. The Labute approximate surface area is 113 Å². The van der Waals surface area contributed by atoms with Crippen LogP contribution in [0, 0.1) is 5.82 Å². The Balaban J connectivity index is 2.67. The minimum absolute atomic E-state index is 0.0965. The van der Waals surface area contributed by atoms with E-state index in [1.54, 1.807) is 0 Å². The summed E-state index contributed by atoms with van der Waals surface area (Å²) in [5.74, 6) is -0.704. The normalized spacial score (nSPS) is 11.3. The maximum Gasteiger partial charge on any atom is 0.280 e. The summed E-state index contributed by atoms with van der Waals surface area (Å²) in [6.07, 6.45) is -1.93. The molecule has 0 aliphatic rings. The van der Waals surface area contributed by atoms with Gasteiger partial charge in [-0.05, 0) is 24.6 Å². The fourth-order valence-corrected chi connectivity index (χ4v) is 1.99. The monoisotopic (exact) mass is 288 g/mol. The van der Waals surface area contributed by atoms with E-state index in [1.807, 2.05) is 6.92 Å². The molecule has 0 amide bonds. The number of benzene rings is 1. The number of hydrogen-bond donors (Lipinski definition) is 1. The second-order valence-corrected chi connectivity index (χ2v) is 4.54. The number of fused-ring (bicyclic) bond motifs is 1. The van der Waals surface area contributed by atoms with Gasteiger partial charge in [0.2, 0.25) is 0 Å². The molecule has 0 atom stereocenters. The number of hydrogen-bond acceptors (Lipinski definition) is 2. The first-order valence-electron chi connectivity index (χ1n) is 5.84. The summed E-state index contributed by atoms with van der Waals surface area (Å²) >= 11 is 5.79. The number of alkyl halides is 2. The molecule has 0 unspecified atom stereocenters. The van der Waals surface area contributed by atoms with Crippen LogP contribution in [-0.2, 0) is 0 Å². The van der Waals surface area contributed by atoms with Crippen molar-refractivity contribution >= 4 is 28.2 Å². The van der Waals surface area contributed by atoms with E-state index in [-0.39, 0.29) is 10.5 Å². The lowest BCUT2D eigenvalue weighted by atomic mass is 10.1. The van der Waals surface area contributed by atoms with Gasteiger partial charge in [0.1, 0.15) is 11.2 Å². The largest absolute Gasteiger partial charge is 0.384 e. The third-order valence-corrected chi connectivity index (χ3v) is 2.86. The summed E-state index contributed by atoms with van der Waals surface area (Å²) in [7, 11) is 0. The predicted octanol–water partition coefficient (Wildman–Crippen LogP) is 4.79. The molecule has 0 bridgehead atoms. The van der Waals surface area contributed by atoms with E-state index in [0.717, 1.165) is 12.5 Å². The van der Waals surface area contributed by atoms with Gasteiger partial charge in [0, 0.05) is 22.6 Å². The lowest BCUT2D eigenvalue weighted by molar-refractivity contribution is 0.146. The van der Waals surface area contributed by atoms with Crippen molar-refractivity contribution < 1.29 is 13.2 Å². The highest BCUT2D eigenvalue weighted by molar-refractivity contribution is 6.31. The van der Waals surface area contributed by atoms with Crippen molar-refractivity contribution in [1.29, 1.82) is 0 Å². The van der Waals surface area contributed by atoms with Crippen LogP contribution in [0.25, 0.3) is 10.9 Å². The van der Waals surface area contributed by atoms with E-state index in [4.69, 9.17) is 11.6 Å². The summed E-state index contributed by atoms with van der Waals surface area (Å²) < 4.78 is 39.3. The van der Waals surface area contributed by atoms with Crippen LogP contribution in [0.5, 0.6) is 0 Å². The van der Waals surface area contributed by atoms with Crippen molar-refractivity contribution in [3.8, 4) is 0 Å². The van der Waals surface area contributed by atoms with E-state index in [1.165, 1.54) is 12.1 Å². The highest BCUT2D eigenvalue weighted by Gasteiger charge is 2.16. The van der Waals surface area contributed by atoms with Gasteiger partial charge in [-0.2, -0.15) is 0 Å². The van der Waals surface area contributed by atoms with Gasteiger partial charge in [0.15, 0.2) is 5.82 Å². The Morgan fingerprint density at radius 3 is 2.68 bits per heavy atom. The smallest absolute Gasteiger partial charge is 0.280 e. The van der Waals surface area contributed by atoms with Crippen LogP contribution in [0.2, 0.25) is 5.02 Å². The number of anilines is 1. The first kappa shape index (κ1) is 13.9. The van der Waals surface area contributed by atoms with Crippen molar-refractivity contribution in [3.63, 3.8) is 0 Å². The lowest BCUT2D eigenvalue weighted by Gasteiger charge is -2.12. The SMILES string of the molecule is CCCNc1cc(C(F)F)nc2c(F)cc(Cl)cc12. The Morgan fingerprint density at radius 2 is 2.05 bits per heavy atom. The van der Waals surface area contributed by atoms with E-state index in [0.29, 0.717) is 17.6 Å². The molecule has 102 valence electrons. The number of aromatic nitrogens is 1. The van der Waals surface area contributed by atoms with Crippen LogP contribution < -0.4 is 5.32 Å². The molecular formula is C13H12ClF3N2. The van der Waals surface area contributed by atoms with Gasteiger partial charge in [-0.15, -0.1) is 0 Å². The topological polar surface area (TPSA) is 24.9 Å². The van der Waals surface area contributed by atoms with Crippen LogP contribution in [0.4, 0.5) is 18.9 Å². The molecule has 1 aromatic heterocycles. The molecule has 2 aromatic rings. The molecule has 19 heavy (non-hydrogen) atoms. The minimum Gasteiger partial charge on any atom is -0.384 e. The van der Waals surface area contributed by atoms with Gasteiger partial charge in [-0.3, -0.25) is 0 Å². The molecule has 1 heterocycles. The Kier molecular flexibility index (Phi) is 4.14. The maximum atomic E-state index is 13.8. The maximum absolute atomic E-state index is 13.8. The van der Waals surface area contributed by atoms with Crippen molar-refractivity contribution in [1.82, 2.24) is 4.98 Å². The molecule has 0 aliphatic carbocycles. The standard InChI is InChI=1S/C13H12ClF3N2/c1-2-3-18-10-6-11(13(16)17)19-12-8(10)4-7(14)5-9(12)15/h4-6,13H,2-3H2,1H3,(H,18,19). The van der Waals surface area contributed by atoms with E-state index in [9.17, 15) is 13.2 Å². The van der Waals surface area contributed by atoms with Crippen LogP contribution in [0.1, 0.15) is 25.5 Å². The van der Waals surface area contributed by atoms with Crippen LogP contribution in [-0.4, -0.2) is 11.5 Å². The summed E-state index contributed by atoms with van der Waals surface area (Å²) in [5.41, 5.74) is -0.128. The predicted molar refractivity (Wildman–Crippen MR) is 70.4 cm³/mol. The second kappa shape index (κ2) is 5.65. The molecule has 0 radical (unpaired) electrons. The second-order valence-electron chi connectivity index (χ2n) is 4.11. The number of nitrogens with one attached hydrogen (secondary N) is 1. The van der Waals surface area contributed by atoms with E-state index in [2.05, 4.69) is 10.3 Å². The highest BCUT2D eigenvalue weighted by atomic mass is 35.5. The molecule has 2 rings (SSSR count). The zero-order valence-corrected chi connectivity index (χ0v) is 10.9. The van der Waals surface area contributed by atoms with Crippen LogP contribution >= 0.6 is 11.6 Å². The molecular weight excluding hydrogens is 277 g/mol. The van der Waals surface area contributed by atoms with Gasteiger partial charge >= 0.3 is 0 Å². The summed E-state index contributed by atoms with van der Waals surface area (Å²) in [6.45, 7) is 2.54. The summed E-state index contributed by atoms with van der Waals surface area (Å²) in [4.78, 5) is 3.66. The van der Waals surface area contributed by atoms with Crippen molar-refractivity contribution in [2.45, 2.75) is 19.8 Å². The number of rotatable bonds is 4. The molecule has 2 nitrogen and oxygen atoms in total. The molecule has 0 saturated heterocycles. The molecule has 0 spiro atoms. The fourth-order valence-electron chi connectivity index (χ4n) is 1.79. The van der Waals surface area contributed by atoms with Gasteiger partial charge in [-0.25, -0.2) is 18.2 Å². The van der Waals surface area contributed by atoms with E-state index >= 15 is 0 Å². The third kappa shape index (κ3) is 2.92. The molecule has 1 N–H and O–H groups in total. The zero-order valence-electron chi connectivity index (χ0n) is 10.2. The van der Waals surface area contributed by atoms with Gasteiger partial charge in [-0.1, -0.05) is 18.5 Å². The summed E-state index contributed by atoms with van der Waals surface area (Å²) in [6, 6.07) is 3.81. The minimum atomic E-state index is -2.75. The lowest BCUT2D eigenvalue weighted by Crippen LogP contribution is -2.03. The van der Waals surface area contributed by atoms with Crippen LogP contribution in [0.3, 0.4) is 0 Å². The first-order chi connectivity index (χ1) is 9.02. The Morgan fingerprint density at radius 1 is 1.32 bits per heavy atom. The van der Waals surface area contributed by atoms with Crippen LogP contribution in [0.15, 0.2) is 18.2 Å². The van der Waals surface area contributed by atoms with Crippen molar-refractivity contribution in [3.05, 3.63) is 34.7 Å². The third-order valence-electron chi connectivity index (χ3n) is 2.64. The van der Waals surface area contributed by atoms with Gasteiger partial charge in [0.25, 0.3) is 6.43 Å². The molecule has 0 fully saturated rings. The number of halogens is 4. The average Bonchev–Trinajstić information content (AvgIpc) is 2.35. The molecule has 0 saturated carbocycles. The first-order valence-corrected chi connectivity index (χ1v) is 6.22. The summed E-state index contributed by atoms with van der Waals surface area (Å²) in [5, 5.41) is 3.60. The molecule has 0 aliphatic heterocycles. The Bertz CT molecular complexity index is 602. The van der Waals surface area contributed by atoms with Crippen molar-refractivity contribution in [2.75, 3.05) is 11.9 Å². The molecule has 1 aromatic carbocycles.